The van der Waals surface area contributed by atoms with Crippen molar-refractivity contribution in [3.8, 4) is 5.75 Å². The fourth-order valence-corrected chi connectivity index (χ4v) is 2.20. The highest BCUT2D eigenvalue weighted by Gasteiger charge is 2.08. The van der Waals surface area contributed by atoms with Crippen LogP contribution in [-0.2, 0) is 6.61 Å². The van der Waals surface area contributed by atoms with Gasteiger partial charge in [-0.1, -0.05) is 42.5 Å². The summed E-state index contributed by atoms with van der Waals surface area (Å²) in [7, 11) is 0. The van der Waals surface area contributed by atoms with Crippen LogP contribution >= 0.6 is 0 Å². The van der Waals surface area contributed by atoms with E-state index in [1.54, 1.807) is 25.3 Å². The molecule has 0 fully saturated rings. The third-order valence-corrected chi connectivity index (χ3v) is 3.45. The van der Waals surface area contributed by atoms with E-state index in [0.29, 0.717) is 12.4 Å². The number of rotatable bonds is 6. The van der Waals surface area contributed by atoms with Crippen LogP contribution in [0.15, 0.2) is 76.2 Å². The zero-order valence-electron chi connectivity index (χ0n) is 13.8. The number of carbonyl (C=O) groups excluding carboxylic acids is 1. The van der Waals surface area contributed by atoms with Gasteiger partial charge in [-0.3, -0.25) is 4.79 Å². The van der Waals surface area contributed by atoms with Crippen molar-refractivity contribution in [2.24, 2.45) is 5.10 Å². The highest BCUT2D eigenvalue weighted by Crippen LogP contribution is 2.14. The molecule has 5 nitrogen and oxygen atoms in total. The Morgan fingerprint density at radius 3 is 2.72 bits per heavy atom. The Labute approximate surface area is 145 Å². The van der Waals surface area contributed by atoms with Crippen LogP contribution in [0, 0.1) is 6.92 Å². The number of nitrogens with one attached hydrogen (secondary N) is 1. The molecule has 0 radical (unpaired) electrons. The van der Waals surface area contributed by atoms with Crippen molar-refractivity contribution < 1.29 is 13.9 Å². The van der Waals surface area contributed by atoms with Gasteiger partial charge < -0.3 is 9.15 Å². The van der Waals surface area contributed by atoms with Crippen molar-refractivity contribution in [2.75, 3.05) is 0 Å². The maximum absolute atomic E-state index is 11.8. The quantitative estimate of drug-likeness (QED) is 0.549. The first-order valence-corrected chi connectivity index (χ1v) is 7.87. The SMILES string of the molecule is Cc1ccc(C(=O)N/N=C\c2cccc(OCc3ccccc3)c2)o1. The first-order valence-electron chi connectivity index (χ1n) is 7.87. The van der Waals surface area contributed by atoms with Crippen molar-refractivity contribution in [3.05, 3.63) is 89.4 Å². The number of nitrogens with zero attached hydrogens (tertiary/aromatic N) is 1. The lowest BCUT2D eigenvalue weighted by molar-refractivity contribution is 0.0926. The van der Waals surface area contributed by atoms with Crippen LogP contribution < -0.4 is 10.2 Å². The molecule has 2 aromatic carbocycles. The number of ether oxygens (including phenoxy) is 1. The zero-order chi connectivity index (χ0) is 17.5. The molecule has 0 unspecified atom stereocenters. The molecular formula is C20H18N2O3. The molecule has 0 atom stereocenters. The maximum atomic E-state index is 11.8. The van der Waals surface area contributed by atoms with Crippen LogP contribution in [0.2, 0.25) is 0 Å². The average Bonchev–Trinajstić information content (AvgIpc) is 3.08. The van der Waals surface area contributed by atoms with E-state index >= 15 is 0 Å². The van der Waals surface area contributed by atoms with Gasteiger partial charge in [0, 0.05) is 0 Å². The molecule has 0 aliphatic carbocycles. The monoisotopic (exact) mass is 334 g/mol. The highest BCUT2D eigenvalue weighted by molar-refractivity contribution is 5.92. The average molecular weight is 334 g/mol. The summed E-state index contributed by atoms with van der Waals surface area (Å²) in [4.78, 5) is 11.8. The maximum Gasteiger partial charge on any atom is 0.307 e. The summed E-state index contributed by atoms with van der Waals surface area (Å²) in [6.45, 7) is 2.27. The Hall–Kier alpha value is -3.34. The summed E-state index contributed by atoms with van der Waals surface area (Å²) >= 11 is 0. The van der Waals surface area contributed by atoms with Crippen molar-refractivity contribution in [2.45, 2.75) is 13.5 Å². The zero-order valence-corrected chi connectivity index (χ0v) is 13.8. The van der Waals surface area contributed by atoms with E-state index in [4.69, 9.17) is 9.15 Å². The fourth-order valence-electron chi connectivity index (χ4n) is 2.20. The van der Waals surface area contributed by atoms with Gasteiger partial charge in [0.15, 0.2) is 5.76 Å². The Morgan fingerprint density at radius 1 is 1.12 bits per heavy atom. The van der Waals surface area contributed by atoms with Gasteiger partial charge in [0.25, 0.3) is 0 Å². The third kappa shape index (κ3) is 4.81. The fraction of sp³-hybridized carbons (Fsp3) is 0.100. The largest absolute Gasteiger partial charge is 0.489 e. The van der Waals surface area contributed by atoms with Crippen LogP contribution in [0.3, 0.4) is 0 Å². The lowest BCUT2D eigenvalue weighted by Crippen LogP contribution is -2.16. The van der Waals surface area contributed by atoms with Crippen LogP contribution in [0.4, 0.5) is 0 Å². The smallest absolute Gasteiger partial charge is 0.307 e. The molecule has 3 rings (SSSR count). The van der Waals surface area contributed by atoms with E-state index < -0.39 is 0 Å². The highest BCUT2D eigenvalue weighted by atomic mass is 16.5. The Balaban J connectivity index is 1.56. The molecule has 5 heteroatoms. The van der Waals surface area contributed by atoms with Crippen molar-refractivity contribution >= 4 is 12.1 Å². The molecule has 1 aromatic heterocycles. The van der Waals surface area contributed by atoms with Gasteiger partial charge in [-0.2, -0.15) is 5.10 Å². The number of hydrogen-bond donors (Lipinski definition) is 1. The van der Waals surface area contributed by atoms with E-state index in [-0.39, 0.29) is 11.7 Å². The minimum absolute atomic E-state index is 0.231. The second-order valence-electron chi connectivity index (χ2n) is 5.46. The van der Waals surface area contributed by atoms with Crippen molar-refractivity contribution in [1.29, 1.82) is 0 Å². The van der Waals surface area contributed by atoms with Crippen molar-refractivity contribution in [3.63, 3.8) is 0 Å². The molecule has 0 aliphatic heterocycles. The van der Waals surface area contributed by atoms with Crippen LogP contribution in [0.25, 0.3) is 0 Å². The van der Waals surface area contributed by atoms with Gasteiger partial charge in [-0.15, -0.1) is 0 Å². The molecule has 1 heterocycles. The Morgan fingerprint density at radius 2 is 1.96 bits per heavy atom. The van der Waals surface area contributed by atoms with Crippen LogP contribution in [0.5, 0.6) is 5.75 Å². The summed E-state index contributed by atoms with van der Waals surface area (Å²) in [6, 6.07) is 20.8. The van der Waals surface area contributed by atoms with E-state index in [2.05, 4.69) is 10.5 Å². The van der Waals surface area contributed by atoms with Gasteiger partial charge >= 0.3 is 5.91 Å². The minimum Gasteiger partial charge on any atom is -0.489 e. The molecule has 0 bridgehead atoms. The number of furan rings is 1. The first-order chi connectivity index (χ1) is 12.2. The van der Waals surface area contributed by atoms with E-state index in [0.717, 1.165) is 16.9 Å². The number of carbonyl (C=O) groups is 1. The minimum atomic E-state index is -0.388. The predicted octanol–water partition coefficient (Wildman–Crippen LogP) is 3.93. The lowest BCUT2D eigenvalue weighted by Gasteiger charge is -2.06. The van der Waals surface area contributed by atoms with Gasteiger partial charge in [-0.05, 0) is 42.3 Å². The number of benzene rings is 2. The summed E-state index contributed by atoms with van der Waals surface area (Å²) in [5.41, 5.74) is 4.35. The van der Waals surface area contributed by atoms with E-state index in [1.807, 2.05) is 54.6 Å². The van der Waals surface area contributed by atoms with Gasteiger partial charge in [0.05, 0.1) is 6.21 Å². The topological polar surface area (TPSA) is 63.8 Å². The van der Waals surface area contributed by atoms with Gasteiger partial charge in [0.1, 0.15) is 18.1 Å². The molecular weight excluding hydrogens is 316 g/mol. The summed E-state index contributed by atoms with van der Waals surface area (Å²) < 4.78 is 11.0. The molecule has 126 valence electrons. The summed E-state index contributed by atoms with van der Waals surface area (Å²) in [6.07, 6.45) is 1.56. The van der Waals surface area contributed by atoms with Crippen LogP contribution in [-0.4, -0.2) is 12.1 Å². The van der Waals surface area contributed by atoms with Gasteiger partial charge in [-0.25, -0.2) is 5.43 Å². The lowest BCUT2D eigenvalue weighted by atomic mass is 10.2. The number of amides is 1. The molecule has 0 spiro atoms. The Kier molecular flexibility index (Phi) is 5.26. The first kappa shape index (κ1) is 16.5. The molecule has 25 heavy (non-hydrogen) atoms. The molecule has 0 aliphatic rings. The number of hydrazone groups is 1. The summed E-state index contributed by atoms with van der Waals surface area (Å²) in [5, 5.41) is 3.95. The number of hydrogen-bond acceptors (Lipinski definition) is 4. The molecule has 0 saturated heterocycles. The normalized spacial score (nSPS) is 10.8. The number of aryl methyl sites for hydroxylation is 1. The molecule has 0 saturated carbocycles. The molecule has 1 N–H and O–H groups in total. The van der Waals surface area contributed by atoms with Crippen molar-refractivity contribution in [1.82, 2.24) is 5.43 Å². The molecule has 1 amide bonds. The van der Waals surface area contributed by atoms with E-state index in [1.165, 1.54) is 0 Å². The Bertz CT molecular complexity index is 869. The summed E-state index contributed by atoms with van der Waals surface area (Å²) in [5.74, 6) is 1.26. The van der Waals surface area contributed by atoms with Crippen LogP contribution in [0.1, 0.15) is 27.4 Å². The molecule has 3 aromatic rings. The third-order valence-electron chi connectivity index (χ3n) is 3.45. The van der Waals surface area contributed by atoms with E-state index in [9.17, 15) is 4.79 Å². The predicted molar refractivity (Wildman–Crippen MR) is 95.7 cm³/mol. The standard InChI is InChI=1S/C20H18N2O3/c1-15-10-11-19(25-15)20(23)22-21-13-17-8-5-9-18(12-17)24-14-16-6-3-2-4-7-16/h2-13H,14H2,1H3,(H,22,23)/b21-13-. The second-order valence-corrected chi connectivity index (χ2v) is 5.46. The van der Waals surface area contributed by atoms with Gasteiger partial charge in [0.2, 0.25) is 0 Å². The second kappa shape index (κ2) is 7.97.